The van der Waals surface area contributed by atoms with Crippen LogP contribution in [0.2, 0.25) is 0 Å². The van der Waals surface area contributed by atoms with Crippen LogP contribution in [0.4, 0.5) is 0 Å². The molecule has 0 radical (unpaired) electrons. The maximum atomic E-state index is 9.17. The Balaban J connectivity index is 2.03. The summed E-state index contributed by atoms with van der Waals surface area (Å²) in [6, 6.07) is 10.2. The van der Waals surface area contributed by atoms with E-state index in [1.165, 1.54) is 0 Å². The van der Waals surface area contributed by atoms with E-state index < -0.39 is 0 Å². The van der Waals surface area contributed by atoms with Gasteiger partial charge >= 0.3 is 0 Å². The van der Waals surface area contributed by atoms with Gasteiger partial charge in [-0.25, -0.2) is 4.98 Å². The van der Waals surface area contributed by atoms with Crippen molar-refractivity contribution in [2.24, 2.45) is 0 Å². The number of benzene rings is 1. The second kappa shape index (κ2) is 5.61. The Bertz CT molecular complexity index is 494. The van der Waals surface area contributed by atoms with E-state index in [2.05, 4.69) is 27.8 Å². The van der Waals surface area contributed by atoms with Gasteiger partial charge in [0.1, 0.15) is 5.01 Å². The molecule has 0 saturated heterocycles. The van der Waals surface area contributed by atoms with Crippen LogP contribution in [0, 0.1) is 0 Å². The van der Waals surface area contributed by atoms with E-state index in [-0.39, 0.29) is 12.1 Å². The average molecular weight is 262 g/mol. The summed E-state index contributed by atoms with van der Waals surface area (Å²) in [6.07, 6.45) is 0. The summed E-state index contributed by atoms with van der Waals surface area (Å²) >= 11 is 1.65. The Labute approximate surface area is 112 Å². The van der Waals surface area contributed by atoms with Gasteiger partial charge in [0.15, 0.2) is 0 Å². The number of nitrogens with one attached hydrogen (secondary N) is 1. The number of thiazole rings is 1. The molecule has 18 heavy (non-hydrogen) atoms. The molecular weight excluding hydrogens is 244 g/mol. The maximum Gasteiger partial charge on any atom is 0.123 e. The lowest BCUT2D eigenvalue weighted by molar-refractivity contribution is 0.187. The molecule has 0 bridgehead atoms. The summed E-state index contributed by atoms with van der Waals surface area (Å²) < 4.78 is 0. The normalized spacial score (nSPS) is 11.7. The van der Waals surface area contributed by atoms with Gasteiger partial charge in [-0.1, -0.05) is 30.3 Å². The van der Waals surface area contributed by atoms with Crippen LogP contribution in [-0.4, -0.2) is 22.2 Å². The lowest BCUT2D eigenvalue weighted by Gasteiger charge is -2.22. The highest BCUT2D eigenvalue weighted by atomic mass is 32.1. The molecule has 0 amide bonds. The summed E-state index contributed by atoms with van der Waals surface area (Å²) in [5, 5.41) is 15.6. The van der Waals surface area contributed by atoms with Gasteiger partial charge in [-0.3, -0.25) is 0 Å². The molecule has 0 atom stereocenters. The first-order valence-electron chi connectivity index (χ1n) is 5.96. The van der Waals surface area contributed by atoms with Gasteiger partial charge in [-0.05, 0) is 13.8 Å². The van der Waals surface area contributed by atoms with Gasteiger partial charge in [0.05, 0.1) is 12.3 Å². The second-order valence-corrected chi connectivity index (χ2v) is 5.76. The average Bonchev–Trinajstić information content (AvgIpc) is 2.86. The molecule has 0 spiro atoms. The number of hydrogen-bond donors (Lipinski definition) is 2. The standard InChI is InChI=1S/C14H18N2OS/c1-14(2,10-17)15-8-12-9-18-13(16-12)11-6-4-3-5-7-11/h3-7,9,15,17H,8,10H2,1-2H3. The zero-order chi connectivity index (χ0) is 13.0. The number of nitrogens with zero attached hydrogens (tertiary/aromatic N) is 1. The van der Waals surface area contributed by atoms with Crippen molar-refractivity contribution in [3.05, 3.63) is 41.4 Å². The molecule has 0 fully saturated rings. The van der Waals surface area contributed by atoms with E-state index in [1.807, 2.05) is 32.0 Å². The molecule has 4 heteroatoms. The molecule has 1 aromatic heterocycles. The molecule has 3 nitrogen and oxygen atoms in total. The van der Waals surface area contributed by atoms with Crippen molar-refractivity contribution in [3.63, 3.8) is 0 Å². The van der Waals surface area contributed by atoms with Gasteiger partial charge < -0.3 is 10.4 Å². The summed E-state index contributed by atoms with van der Waals surface area (Å²) in [5.74, 6) is 0. The first-order chi connectivity index (χ1) is 8.61. The lowest BCUT2D eigenvalue weighted by Crippen LogP contribution is -2.42. The van der Waals surface area contributed by atoms with Crippen LogP contribution < -0.4 is 5.32 Å². The van der Waals surface area contributed by atoms with Gasteiger partial charge in [-0.2, -0.15) is 0 Å². The topological polar surface area (TPSA) is 45.1 Å². The van der Waals surface area contributed by atoms with E-state index >= 15 is 0 Å². The van der Waals surface area contributed by atoms with E-state index in [9.17, 15) is 5.11 Å². The van der Waals surface area contributed by atoms with E-state index in [1.54, 1.807) is 11.3 Å². The molecule has 2 N–H and O–H groups in total. The van der Waals surface area contributed by atoms with Crippen LogP contribution in [-0.2, 0) is 6.54 Å². The Morgan fingerprint density at radius 1 is 1.28 bits per heavy atom. The fraction of sp³-hybridized carbons (Fsp3) is 0.357. The molecule has 0 saturated carbocycles. The smallest absolute Gasteiger partial charge is 0.123 e. The van der Waals surface area contributed by atoms with Crippen LogP contribution >= 0.6 is 11.3 Å². The third-order valence-corrected chi connectivity index (χ3v) is 3.66. The third-order valence-electron chi connectivity index (χ3n) is 2.72. The van der Waals surface area contributed by atoms with Crippen LogP contribution in [0.15, 0.2) is 35.7 Å². The molecule has 0 aliphatic heterocycles. The Hall–Kier alpha value is -1.23. The first-order valence-corrected chi connectivity index (χ1v) is 6.84. The van der Waals surface area contributed by atoms with E-state index in [0.29, 0.717) is 6.54 Å². The zero-order valence-electron chi connectivity index (χ0n) is 10.7. The molecule has 1 heterocycles. The minimum atomic E-state index is -0.267. The molecule has 0 unspecified atom stereocenters. The van der Waals surface area contributed by atoms with Crippen LogP contribution in [0.5, 0.6) is 0 Å². The Morgan fingerprint density at radius 3 is 2.67 bits per heavy atom. The number of hydrogen-bond acceptors (Lipinski definition) is 4. The Morgan fingerprint density at radius 2 is 2.00 bits per heavy atom. The first kappa shape index (κ1) is 13.2. The summed E-state index contributed by atoms with van der Waals surface area (Å²) in [5.41, 5.74) is 1.90. The van der Waals surface area contributed by atoms with Crippen LogP contribution in [0.1, 0.15) is 19.5 Å². The quantitative estimate of drug-likeness (QED) is 0.871. The van der Waals surface area contributed by atoms with Crippen molar-refractivity contribution in [2.45, 2.75) is 25.9 Å². The Kier molecular flexibility index (Phi) is 4.11. The van der Waals surface area contributed by atoms with E-state index in [0.717, 1.165) is 16.3 Å². The van der Waals surface area contributed by atoms with Gasteiger partial charge in [-0.15, -0.1) is 11.3 Å². The predicted octanol–water partition coefficient (Wildman–Crippen LogP) is 2.67. The molecule has 2 rings (SSSR count). The van der Waals surface area contributed by atoms with Gasteiger partial charge in [0, 0.05) is 23.0 Å². The highest BCUT2D eigenvalue weighted by molar-refractivity contribution is 7.13. The van der Waals surface area contributed by atoms with E-state index in [4.69, 9.17) is 0 Å². The maximum absolute atomic E-state index is 9.17. The molecule has 0 aliphatic carbocycles. The number of aliphatic hydroxyl groups excluding tert-OH is 1. The largest absolute Gasteiger partial charge is 0.394 e. The summed E-state index contributed by atoms with van der Waals surface area (Å²) in [4.78, 5) is 4.59. The zero-order valence-corrected chi connectivity index (χ0v) is 11.5. The fourth-order valence-electron chi connectivity index (χ4n) is 1.49. The second-order valence-electron chi connectivity index (χ2n) is 4.91. The molecule has 96 valence electrons. The molecule has 0 aliphatic rings. The lowest BCUT2D eigenvalue weighted by atomic mass is 10.1. The van der Waals surface area contributed by atoms with Crippen molar-refractivity contribution in [3.8, 4) is 10.6 Å². The summed E-state index contributed by atoms with van der Waals surface area (Å²) in [7, 11) is 0. The molecule has 1 aromatic carbocycles. The third kappa shape index (κ3) is 3.38. The molecule has 2 aromatic rings. The van der Waals surface area contributed by atoms with Crippen molar-refractivity contribution in [1.29, 1.82) is 0 Å². The minimum absolute atomic E-state index is 0.114. The van der Waals surface area contributed by atoms with Crippen molar-refractivity contribution < 1.29 is 5.11 Å². The van der Waals surface area contributed by atoms with Crippen LogP contribution in [0.25, 0.3) is 10.6 Å². The van der Waals surface area contributed by atoms with Crippen molar-refractivity contribution in [1.82, 2.24) is 10.3 Å². The monoisotopic (exact) mass is 262 g/mol. The van der Waals surface area contributed by atoms with Gasteiger partial charge in [0.2, 0.25) is 0 Å². The van der Waals surface area contributed by atoms with Gasteiger partial charge in [0.25, 0.3) is 0 Å². The van der Waals surface area contributed by atoms with Crippen molar-refractivity contribution >= 4 is 11.3 Å². The number of aliphatic hydroxyl groups is 1. The minimum Gasteiger partial charge on any atom is -0.394 e. The molecular formula is C14H18N2OS. The highest BCUT2D eigenvalue weighted by Gasteiger charge is 2.15. The summed E-state index contributed by atoms with van der Waals surface area (Å²) in [6.45, 7) is 4.73. The fourth-order valence-corrected chi connectivity index (χ4v) is 2.31. The van der Waals surface area contributed by atoms with Crippen molar-refractivity contribution in [2.75, 3.05) is 6.61 Å². The number of rotatable bonds is 5. The predicted molar refractivity (Wildman–Crippen MR) is 75.6 cm³/mol. The SMILES string of the molecule is CC(C)(CO)NCc1csc(-c2ccccc2)n1. The highest BCUT2D eigenvalue weighted by Crippen LogP contribution is 2.23. The van der Waals surface area contributed by atoms with Crippen LogP contribution in [0.3, 0.4) is 0 Å². The number of aromatic nitrogens is 1.